The van der Waals surface area contributed by atoms with Crippen LogP contribution in [-0.4, -0.2) is 259 Å². The van der Waals surface area contributed by atoms with Crippen molar-refractivity contribution in [1.29, 1.82) is 0 Å². The fraction of sp³-hybridized carbons (Fsp3) is 0.653. The Hall–Kier alpha value is -10.9. The van der Waals surface area contributed by atoms with E-state index >= 15 is 4.79 Å². The number of aliphatic hydroxyl groups is 2. The van der Waals surface area contributed by atoms with Gasteiger partial charge in [-0.2, -0.15) is 0 Å². The summed E-state index contributed by atoms with van der Waals surface area (Å²) >= 11 is 0. The molecule has 2 aliphatic heterocycles. The maximum Gasteiger partial charge on any atom is 0.326 e. The Morgan fingerprint density at radius 3 is 1.39 bits per heavy atom. The number of carbonyl (C=O) groups excluding carboxylic acids is 16. The van der Waals surface area contributed by atoms with Crippen molar-refractivity contribution in [2.24, 2.45) is 52.3 Å². The van der Waals surface area contributed by atoms with E-state index in [1.165, 1.54) is 12.5 Å². The highest BCUT2D eigenvalue weighted by Gasteiger charge is 2.45. The number of unbranched alkanes of at least 4 members (excludes halogenated alkanes) is 1. The van der Waals surface area contributed by atoms with Gasteiger partial charge in [-0.1, -0.05) is 92.1 Å². The summed E-state index contributed by atoms with van der Waals surface area (Å²) < 4.78 is 0. The average Bonchev–Trinajstić information content (AvgIpc) is 1.61. The average molecular weight is 1640 g/mol. The molecule has 0 saturated carbocycles. The van der Waals surface area contributed by atoms with E-state index in [1.54, 1.807) is 78.8 Å². The largest absolute Gasteiger partial charge is 0.480 e. The predicted molar refractivity (Wildman–Crippen MR) is 418 cm³/mol. The highest BCUT2D eigenvalue weighted by Crippen LogP contribution is 2.24. The number of urea groups is 1. The number of nitrogens with one attached hydrogen (secondary N) is 13. The lowest BCUT2D eigenvalue weighted by Gasteiger charge is -2.32. The smallest absolute Gasteiger partial charge is 0.326 e. The van der Waals surface area contributed by atoms with Gasteiger partial charge < -0.3 is 123 Å². The zero-order valence-electron chi connectivity index (χ0n) is 67.4. The first-order valence-electron chi connectivity index (χ1n) is 39.3. The maximum atomic E-state index is 15.1. The minimum Gasteiger partial charge on any atom is -0.480 e. The number of nitrogens with zero attached hydrogens (tertiary/aromatic N) is 3. The fourth-order valence-corrected chi connectivity index (χ4v) is 13.1. The number of nitrogens with two attached hydrogens (primary N) is 5. The second kappa shape index (κ2) is 48.4. The Balaban J connectivity index is 1.55. The highest BCUT2D eigenvalue weighted by atomic mass is 16.4. The van der Waals surface area contributed by atoms with E-state index in [-0.39, 0.29) is 95.6 Å². The van der Waals surface area contributed by atoms with Gasteiger partial charge in [0, 0.05) is 51.5 Å². The van der Waals surface area contributed by atoms with E-state index < -0.39 is 241 Å². The van der Waals surface area contributed by atoms with Crippen molar-refractivity contribution in [2.75, 3.05) is 32.8 Å². The first-order valence-corrected chi connectivity index (χ1v) is 39.3. The van der Waals surface area contributed by atoms with E-state index in [2.05, 4.69) is 73.8 Å². The van der Waals surface area contributed by atoms with E-state index in [0.717, 1.165) is 16.7 Å². The molecule has 2 fully saturated rings. The molecule has 2 aliphatic rings. The number of hydrogen-bond acceptors (Lipinski definition) is 22. The lowest BCUT2D eigenvalue weighted by atomic mass is 9.97. The van der Waals surface area contributed by atoms with Gasteiger partial charge in [-0.3, -0.25) is 71.9 Å². The van der Waals surface area contributed by atoms with Gasteiger partial charge in [0.1, 0.15) is 78.5 Å². The van der Waals surface area contributed by atoms with Crippen LogP contribution in [0, 0.1) is 23.7 Å². The number of primary amides is 3. The van der Waals surface area contributed by atoms with Crippen molar-refractivity contribution in [2.45, 2.75) is 256 Å². The molecule has 646 valence electrons. The van der Waals surface area contributed by atoms with Crippen LogP contribution in [0.5, 0.6) is 0 Å². The zero-order valence-corrected chi connectivity index (χ0v) is 67.4. The molecule has 2 saturated heterocycles. The number of aliphatic hydroxyl groups excluding tert-OH is 2. The number of H-pyrrole nitrogens is 1. The quantitative estimate of drug-likeness (QED) is 0.0275. The van der Waals surface area contributed by atoms with Crippen LogP contribution in [0.1, 0.15) is 163 Å². The molecule has 1 aromatic heterocycles. The van der Waals surface area contributed by atoms with Crippen LogP contribution < -0.4 is 92.5 Å². The fourth-order valence-electron chi connectivity index (χ4n) is 13.1. The van der Waals surface area contributed by atoms with E-state index in [4.69, 9.17) is 28.7 Å². The summed E-state index contributed by atoms with van der Waals surface area (Å²) in [7, 11) is 0. The highest BCUT2D eigenvalue weighted by molar-refractivity contribution is 6.01. The second-order valence-electron chi connectivity index (χ2n) is 30.3. The summed E-state index contributed by atoms with van der Waals surface area (Å²) in [5, 5.41) is 62.0. The molecule has 2 aromatic rings. The van der Waals surface area contributed by atoms with Gasteiger partial charge in [-0.05, 0) is 113 Å². The van der Waals surface area contributed by atoms with Crippen molar-refractivity contribution >= 4 is 101 Å². The number of aromatic nitrogens is 2. The molecule has 0 aliphatic carbocycles. The summed E-state index contributed by atoms with van der Waals surface area (Å²) in [6.07, 6.45) is 0.514. The monoisotopic (exact) mass is 1640 g/mol. The van der Waals surface area contributed by atoms with E-state index in [9.17, 15) is 92.0 Å². The van der Waals surface area contributed by atoms with Gasteiger partial charge in [0.25, 0.3) is 0 Å². The maximum absolute atomic E-state index is 15.1. The van der Waals surface area contributed by atoms with Gasteiger partial charge >= 0.3 is 12.0 Å². The number of rotatable bonds is 50. The number of amides is 17. The molecular weight excluding hydrogens is 1510 g/mol. The number of imidazole rings is 1. The Morgan fingerprint density at radius 2 is 0.931 bits per heavy atom. The SMILES string of the molecule is CC[C@H](C)[C@H](N)C(=O)N[C@H](C(=O)N[C@@H](Cc1c[nH]cn1)C(=O)N[C@@H](CCC(N)=O)C(=O)N[C@@H](CCC(N)=O)C(=O)N[C@H](C(=O)N[C@@H](Cc1ccccc1)C(=O)N1CCC[C@H]1C(=O)N[C@H](C(=O)N[C@@H](CO)C(=O)N1CCC[C@H]1C(=O)N[C@H](C(=O)N[C@@H](CCCNC(N)=O)C(=O)N[C@@H](CCCCN)C(=O)O)C(C)C)[C@@H](C)O)C(C)C)C(C)C. The van der Waals surface area contributed by atoms with Crippen molar-refractivity contribution in [3.05, 3.63) is 54.1 Å². The Bertz CT molecular complexity index is 3680. The van der Waals surface area contributed by atoms with Crippen molar-refractivity contribution < 1.29 is 96.8 Å². The first-order chi connectivity index (χ1) is 54.7. The van der Waals surface area contributed by atoms with Crippen LogP contribution in [0.2, 0.25) is 0 Å². The topological polar surface area (TPSA) is 660 Å². The molecule has 0 spiro atoms. The summed E-state index contributed by atoms with van der Waals surface area (Å²) in [6, 6.07) is -12.9. The third kappa shape index (κ3) is 31.0. The third-order valence-corrected chi connectivity index (χ3v) is 20.1. The first kappa shape index (κ1) is 97.4. The molecular formula is C75H121N21O20. The number of hydrogen-bond donors (Lipinski definition) is 21. The van der Waals surface area contributed by atoms with Gasteiger partial charge in [0.15, 0.2) is 0 Å². The molecule has 41 nitrogen and oxygen atoms in total. The molecule has 4 rings (SSSR count). The molecule has 41 heteroatoms. The number of aromatic amines is 1. The number of likely N-dealkylation sites (tertiary alicyclic amines) is 2. The van der Waals surface area contributed by atoms with Crippen LogP contribution in [0.15, 0.2) is 42.9 Å². The second-order valence-corrected chi connectivity index (χ2v) is 30.3. The summed E-state index contributed by atoms with van der Waals surface area (Å²) in [4.78, 5) is 243. The zero-order chi connectivity index (χ0) is 86.8. The van der Waals surface area contributed by atoms with Gasteiger partial charge in [-0.15, -0.1) is 0 Å². The van der Waals surface area contributed by atoms with Crippen LogP contribution in [0.25, 0.3) is 0 Å². The van der Waals surface area contributed by atoms with Crippen LogP contribution >= 0.6 is 0 Å². The van der Waals surface area contributed by atoms with Gasteiger partial charge in [0.2, 0.25) is 88.6 Å². The Morgan fingerprint density at radius 1 is 0.509 bits per heavy atom. The molecule has 116 heavy (non-hydrogen) atoms. The third-order valence-electron chi connectivity index (χ3n) is 20.1. The van der Waals surface area contributed by atoms with Crippen molar-refractivity contribution in [1.82, 2.24) is 83.6 Å². The molecule has 26 N–H and O–H groups in total. The minimum atomic E-state index is -1.86. The summed E-state index contributed by atoms with van der Waals surface area (Å²) in [5.74, 6) is -17.4. The molecule has 0 bridgehead atoms. The van der Waals surface area contributed by atoms with Crippen molar-refractivity contribution in [3.8, 4) is 0 Å². The minimum absolute atomic E-state index is 0.00488. The molecule has 0 unspecified atom stereocenters. The number of benzene rings is 1. The molecule has 1 aromatic carbocycles. The molecule has 3 heterocycles. The lowest BCUT2D eigenvalue weighted by Crippen LogP contribution is -2.62. The number of carboxylic acids is 1. The predicted octanol–water partition coefficient (Wildman–Crippen LogP) is -5.58. The number of carboxylic acid groups (broad SMARTS) is 1. The van der Waals surface area contributed by atoms with E-state index in [0.29, 0.717) is 24.8 Å². The van der Waals surface area contributed by atoms with Crippen LogP contribution in [0.4, 0.5) is 4.79 Å². The van der Waals surface area contributed by atoms with Crippen molar-refractivity contribution in [3.63, 3.8) is 0 Å². The Labute approximate surface area is 673 Å². The number of aliphatic carboxylic acids is 1. The summed E-state index contributed by atoms with van der Waals surface area (Å²) in [6.45, 7) is 13.4. The molecule has 0 radical (unpaired) electrons. The standard InChI is InChI=1S/C75H121N21O20/c1-10-41(8)56(79)67(107)93-59(40(6)7)69(109)88-49(34-44-35-81-37-83-44)64(104)85-46(25-27-54(77)99)62(102)84-47(26-28-55(78)100)63(103)91-57(38(2)3)70(110)89-50(33-43-19-12-11-13-20-43)72(112)95-31-17-24-53(95)66(106)94-60(42(9)98)71(111)90-51(36-97)73(113)96-32-18-23-52(96)65(105)92-58(39(4)5)68(108)86-45(22-16-30-82-75(80)116)61(101)87-48(74(114)115)21-14-15-29-76/h11-13,19-20,35,37-42,45-53,56-60,97-98H,10,14-18,21-34,36,76,79H2,1-9H3,(H2,77,99)(H2,78,100)(H,81,83)(H,84,102)(H,85,104)(H,86,108)(H,87,101)(H,88,109)(H,89,110)(H,90,111)(H,91,103)(H,92,105)(H,93,107)(H,94,106)(H,114,115)(H3,80,82,116)/t41-,42+,45-,46-,47-,48-,49-,50-,51-,52-,53-,56-,57-,58-,59-,60-/m0/s1. The summed E-state index contributed by atoms with van der Waals surface area (Å²) in [5.41, 5.74) is 28.8. The molecule has 16 atom stereocenters. The van der Waals surface area contributed by atoms with Gasteiger partial charge in [-0.25, -0.2) is 14.6 Å². The number of carbonyl (C=O) groups is 17. The molecule has 17 amide bonds. The van der Waals surface area contributed by atoms with Crippen LogP contribution in [-0.2, 0) is 89.6 Å². The van der Waals surface area contributed by atoms with Gasteiger partial charge in [0.05, 0.1) is 30.8 Å². The van der Waals surface area contributed by atoms with Crippen LogP contribution in [0.3, 0.4) is 0 Å². The lowest BCUT2D eigenvalue weighted by molar-refractivity contribution is -0.145. The Kier molecular flexibility index (Phi) is 40.7. The normalized spacial score (nSPS) is 17.6. The van der Waals surface area contributed by atoms with E-state index in [1.807, 2.05) is 6.92 Å².